The van der Waals surface area contributed by atoms with Crippen molar-refractivity contribution in [2.24, 2.45) is 51.8 Å². The second kappa shape index (κ2) is 10.8. The van der Waals surface area contributed by atoms with Crippen molar-refractivity contribution < 1.29 is 60.6 Å². The van der Waals surface area contributed by atoms with Crippen molar-refractivity contribution in [3.63, 3.8) is 0 Å². The van der Waals surface area contributed by atoms with E-state index in [4.69, 9.17) is 18.8 Å². The van der Waals surface area contributed by atoms with Crippen molar-refractivity contribution in [2.45, 2.75) is 95.0 Å². The van der Waals surface area contributed by atoms with Crippen LogP contribution in [0.2, 0.25) is 0 Å². The SMILES string of the molecule is CCC(COC(=O)C12CC3CC(C1)C(O)C(C3)C2)(COC(=O)C12CC3CC(C1)C(O)C(C3)C2)C(=O)OCC(F)(F)S(=O)(=O)O. The third-order valence-electron chi connectivity index (χ3n) is 12.1. The zero-order valence-corrected chi connectivity index (χ0v) is 25.6. The van der Waals surface area contributed by atoms with E-state index in [1.807, 2.05) is 0 Å². The standard InChI is InChI=1S/C30H42F2O11S/c1-2-27(24(35)43-15-30(31,32)44(38,39)40,13-41-25(36)28-7-16-3-18(9-28)22(33)19(4-16)10-28)14-42-26(37)29-8-17-5-20(11-29)23(34)21(6-17)12-29/h16-23,33-34H,2-15H2,1H3,(H,38,39,40). The molecule has 8 rings (SSSR count). The number of carbonyl (C=O) groups is 3. The highest BCUT2D eigenvalue weighted by molar-refractivity contribution is 7.86. The highest BCUT2D eigenvalue weighted by Crippen LogP contribution is 2.62. The van der Waals surface area contributed by atoms with Gasteiger partial charge in [0.25, 0.3) is 0 Å². The van der Waals surface area contributed by atoms with Gasteiger partial charge in [-0.05, 0) is 106 Å². The summed E-state index contributed by atoms with van der Waals surface area (Å²) in [7, 11) is -5.88. The number of carbonyl (C=O) groups excluding carboxylic acids is 3. The van der Waals surface area contributed by atoms with Gasteiger partial charge in [0.15, 0.2) is 6.61 Å². The molecular weight excluding hydrogens is 606 g/mol. The fourth-order valence-electron chi connectivity index (χ4n) is 10.1. The topological polar surface area (TPSA) is 174 Å². The fourth-order valence-corrected chi connectivity index (χ4v) is 10.3. The molecule has 8 fully saturated rings. The molecule has 0 aromatic carbocycles. The van der Waals surface area contributed by atoms with Crippen molar-refractivity contribution in [1.82, 2.24) is 0 Å². The molecule has 0 amide bonds. The molecule has 0 heterocycles. The molecule has 0 saturated heterocycles. The number of aliphatic hydroxyl groups is 2. The Morgan fingerprint density at radius 1 is 0.727 bits per heavy atom. The fraction of sp³-hybridized carbons (Fsp3) is 0.900. The Balaban J connectivity index is 1.19. The molecule has 0 radical (unpaired) electrons. The Kier molecular flexibility index (Phi) is 7.89. The van der Waals surface area contributed by atoms with Crippen LogP contribution in [0.15, 0.2) is 0 Å². The molecule has 4 unspecified atom stereocenters. The van der Waals surface area contributed by atoms with E-state index in [-0.39, 0.29) is 41.9 Å². The molecule has 8 aliphatic carbocycles. The van der Waals surface area contributed by atoms with Crippen LogP contribution < -0.4 is 0 Å². The summed E-state index contributed by atoms with van der Waals surface area (Å²) in [6, 6.07) is 0. The molecule has 248 valence electrons. The zero-order valence-electron chi connectivity index (χ0n) is 24.8. The second-order valence-corrected chi connectivity index (χ2v) is 16.5. The molecule has 4 atom stereocenters. The summed E-state index contributed by atoms with van der Waals surface area (Å²) in [6.45, 7) is -1.79. The molecule has 0 aromatic rings. The van der Waals surface area contributed by atoms with Crippen molar-refractivity contribution in [3.8, 4) is 0 Å². The lowest BCUT2D eigenvalue weighted by Gasteiger charge is -2.57. The van der Waals surface area contributed by atoms with Gasteiger partial charge in [-0.2, -0.15) is 17.2 Å². The van der Waals surface area contributed by atoms with Crippen LogP contribution in [0.3, 0.4) is 0 Å². The van der Waals surface area contributed by atoms with Crippen molar-refractivity contribution in [3.05, 3.63) is 0 Å². The normalized spacial score (nSPS) is 41.7. The van der Waals surface area contributed by atoms with Gasteiger partial charge in [0, 0.05) is 0 Å². The van der Waals surface area contributed by atoms with E-state index in [1.165, 1.54) is 6.92 Å². The van der Waals surface area contributed by atoms with Gasteiger partial charge in [0.1, 0.15) is 18.6 Å². The zero-order chi connectivity index (χ0) is 31.9. The average molecular weight is 649 g/mol. The maximum atomic E-state index is 14.0. The van der Waals surface area contributed by atoms with Crippen molar-refractivity contribution >= 4 is 28.0 Å². The molecule has 14 heteroatoms. The predicted octanol–water partition coefficient (Wildman–Crippen LogP) is 2.87. The average Bonchev–Trinajstić information content (AvgIpc) is 2.95. The van der Waals surface area contributed by atoms with Gasteiger partial charge >= 0.3 is 33.3 Å². The highest BCUT2D eigenvalue weighted by atomic mass is 32.2. The van der Waals surface area contributed by atoms with Crippen LogP contribution in [-0.2, 0) is 38.7 Å². The number of aliphatic hydroxyl groups excluding tert-OH is 2. The molecule has 3 N–H and O–H groups in total. The van der Waals surface area contributed by atoms with E-state index >= 15 is 0 Å². The van der Waals surface area contributed by atoms with E-state index in [1.54, 1.807) is 0 Å². The maximum Gasteiger partial charge on any atom is 0.402 e. The van der Waals surface area contributed by atoms with Crippen LogP contribution in [0.25, 0.3) is 0 Å². The second-order valence-electron chi connectivity index (χ2n) is 15.0. The van der Waals surface area contributed by atoms with Crippen LogP contribution in [0.1, 0.15) is 77.6 Å². The molecule has 8 aliphatic rings. The molecule has 0 aromatic heterocycles. The quantitative estimate of drug-likeness (QED) is 0.171. The Morgan fingerprint density at radius 2 is 1.11 bits per heavy atom. The van der Waals surface area contributed by atoms with Gasteiger partial charge in [-0.25, -0.2) is 0 Å². The first-order valence-corrected chi connectivity index (χ1v) is 17.2. The van der Waals surface area contributed by atoms with Crippen molar-refractivity contribution in [2.75, 3.05) is 19.8 Å². The smallest absolute Gasteiger partial charge is 0.402 e. The minimum absolute atomic E-state index is 0.0305. The van der Waals surface area contributed by atoms with Gasteiger partial charge in [-0.1, -0.05) is 6.92 Å². The van der Waals surface area contributed by atoms with Crippen LogP contribution in [0.5, 0.6) is 0 Å². The first-order valence-electron chi connectivity index (χ1n) is 15.7. The lowest BCUT2D eigenvalue weighted by Crippen LogP contribution is -2.57. The van der Waals surface area contributed by atoms with Gasteiger partial charge in [0.2, 0.25) is 0 Å². The molecular formula is C30H42F2O11S. The lowest BCUT2D eigenvalue weighted by atomic mass is 9.48. The predicted molar refractivity (Wildman–Crippen MR) is 146 cm³/mol. The number of alkyl halides is 2. The largest absolute Gasteiger partial charge is 0.464 e. The number of ether oxygens (including phenoxy) is 3. The number of rotatable bonds is 11. The molecule has 8 saturated carbocycles. The van der Waals surface area contributed by atoms with Gasteiger partial charge in [-0.3, -0.25) is 18.9 Å². The van der Waals surface area contributed by atoms with E-state index in [0.29, 0.717) is 38.5 Å². The number of hydrogen-bond donors (Lipinski definition) is 3. The summed E-state index contributed by atoms with van der Waals surface area (Å²) in [5, 5.41) is 16.4. The molecule has 0 spiro atoms. The number of esters is 3. The number of hydrogen-bond acceptors (Lipinski definition) is 10. The molecule has 8 bridgehead atoms. The van der Waals surface area contributed by atoms with Crippen molar-refractivity contribution in [1.29, 1.82) is 0 Å². The highest BCUT2D eigenvalue weighted by Gasteiger charge is 2.61. The minimum Gasteiger partial charge on any atom is -0.464 e. The van der Waals surface area contributed by atoms with E-state index in [0.717, 1.165) is 25.7 Å². The Morgan fingerprint density at radius 3 is 1.45 bits per heavy atom. The maximum absolute atomic E-state index is 14.0. The summed E-state index contributed by atoms with van der Waals surface area (Å²) in [5.41, 5.74) is -3.61. The first-order chi connectivity index (χ1) is 20.5. The summed E-state index contributed by atoms with van der Waals surface area (Å²) in [5.74, 6) is -2.08. The van der Waals surface area contributed by atoms with E-state index in [2.05, 4.69) is 0 Å². The van der Waals surface area contributed by atoms with Crippen LogP contribution in [-0.4, -0.2) is 78.4 Å². The molecule has 44 heavy (non-hydrogen) atoms. The summed E-state index contributed by atoms with van der Waals surface area (Å²) >= 11 is 0. The summed E-state index contributed by atoms with van der Waals surface area (Å²) in [6.07, 6.45) is 5.14. The Hall–Kier alpha value is -1.90. The van der Waals surface area contributed by atoms with Gasteiger partial charge in [-0.15, -0.1) is 0 Å². The molecule has 0 aliphatic heterocycles. The van der Waals surface area contributed by atoms with Gasteiger partial charge < -0.3 is 24.4 Å². The third kappa shape index (κ3) is 5.25. The Bertz CT molecular complexity index is 1210. The monoisotopic (exact) mass is 648 g/mol. The lowest BCUT2D eigenvalue weighted by molar-refractivity contribution is -0.198. The Labute approximate surface area is 255 Å². The third-order valence-corrected chi connectivity index (χ3v) is 13.0. The first kappa shape index (κ1) is 32.1. The summed E-state index contributed by atoms with van der Waals surface area (Å²) in [4.78, 5) is 40.6. The van der Waals surface area contributed by atoms with Crippen LogP contribution in [0.4, 0.5) is 8.78 Å². The number of halogens is 2. The van der Waals surface area contributed by atoms with E-state index < -0.39 is 81.6 Å². The summed E-state index contributed by atoms with van der Waals surface area (Å²) < 4.78 is 75.3. The molecule has 11 nitrogen and oxygen atoms in total. The van der Waals surface area contributed by atoms with E-state index in [9.17, 15) is 41.8 Å². The van der Waals surface area contributed by atoms with Crippen LogP contribution >= 0.6 is 0 Å². The van der Waals surface area contributed by atoms with Gasteiger partial charge in [0.05, 0.1) is 23.0 Å². The minimum atomic E-state index is -5.88. The van der Waals surface area contributed by atoms with Crippen LogP contribution in [0, 0.1) is 51.8 Å².